The van der Waals surface area contributed by atoms with Gasteiger partial charge in [0.1, 0.15) is 24.2 Å². The van der Waals surface area contributed by atoms with Crippen LogP contribution in [0.3, 0.4) is 0 Å². The summed E-state index contributed by atoms with van der Waals surface area (Å²) in [6, 6.07) is 29.4. The molecular weight excluding hydrogens is 659 g/mol. The largest absolute Gasteiger partial charge is 0.507 e. The van der Waals surface area contributed by atoms with Crippen LogP contribution in [0.4, 0.5) is 5.13 Å². The second-order valence-electron chi connectivity index (χ2n) is 11.7. The zero-order chi connectivity index (χ0) is 33.9. The van der Waals surface area contributed by atoms with Crippen LogP contribution >= 0.6 is 23.1 Å². The lowest BCUT2D eigenvalue weighted by Crippen LogP contribution is -2.29. The third kappa shape index (κ3) is 6.77. The van der Waals surface area contributed by atoms with Crippen molar-refractivity contribution < 1.29 is 28.9 Å². The predicted molar refractivity (Wildman–Crippen MR) is 189 cm³/mol. The molecule has 0 saturated carbocycles. The Labute approximate surface area is 292 Å². The number of aliphatic hydroxyl groups is 1. The molecule has 9 nitrogen and oxygen atoms in total. The Hall–Kier alpha value is -5.13. The maximum atomic E-state index is 13.9. The lowest BCUT2D eigenvalue weighted by Gasteiger charge is -2.24. The molecule has 49 heavy (non-hydrogen) atoms. The quantitative estimate of drug-likeness (QED) is 0.0489. The van der Waals surface area contributed by atoms with E-state index in [2.05, 4.69) is 10.2 Å². The minimum atomic E-state index is -1.01. The molecule has 0 bridgehead atoms. The molecule has 7 rings (SSSR count). The van der Waals surface area contributed by atoms with Crippen LogP contribution < -0.4 is 19.1 Å². The van der Waals surface area contributed by atoms with Crippen molar-refractivity contribution in [1.29, 1.82) is 0 Å². The summed E-state index contributed by atoms with van der Waals surface area (Å²) >= 11 is 2.71. The Morgan fingerprint density at radius 3 is 2.45 bits per heavy atom. The van der Waals surface area contributed by atoms with Crippen LogP contribution in [0.1, 0.15) is 47.7 Å². The minimum absolute atomic E-state index is 0.00365. The molecule has 5 aromatic rings. The number of thioether (sulfide) groups is 1. The third-order valence-corrected chi connectivity index (χ3v) is 10.4. The van der Waals surface area contributed by atoms with Gasteiger partial charge in [-0.05, 0) is 66.4 Å². The summed E-state index contributed by atoms with van der Waals surface area (Å²) in [6.45, 7) is 4.53. The number of hydrogen-bond donors (Lipinski definition) is 1. The second-order valence-corrected chi connectivity index (χ2v) is 13.8. The van der Waals surface area contributed by atoms with E-state index in [1.807, 2.05) is 80.6 Å². The highest BCUT2D eigenvalue weighted by Gasteiger charge is 2.48. The molecule has 0 radical (unpaired) electrons. The van der Waals surface area contributed by atoms with Crippen molar-refractivity contribution in [1.82, 2.24) is 10.2 Å². The van der Waals surface area contributed by atoms with Gasteiger partial charge in [0.15, 0.2) is 15.8 Å². The predicted octanol–water partition coefficient (Wildman–Crippen LogP) is 7.76. The van der Waals surface area contributed by atoms with Gasteiger partial charge in [0.05, 0.1) is 18.2 Å². The zero-order valence-corrected chi connectivity index (χ0v) is 28.5. The van der Waals surface area contributed by atoms with E-state index in [0.29, 0.717) is 52.4 Å². The zero-order valence-electron chi connectivity index (χ0n) is 26.9. The van der Waals surface area contributed by atoms with E-state index in [1.165, 1.54) is 28.0 Å². The van der Waals surface area contributed by atoms with Crippen molar-refractivity contribution in [3.63, 3.8) is 0 Å². The van der Waals surface area contributed by atoms with E-state index in [1.54, 1.807) is 30.3 Å². The number of carbonyl (C=O) groups is 2. The standard InChI is InChI=1S/C38H33N3O6S2/c1-3-45-31-20-26(14-17-30(31)46-21-24-10-6-4-7-11-24)33-32(34(42)27-15-16-29-28(19-27)18-23(2)47-29)35(43)36(44)41(33)37-39-40-38(49-37)48-22-25-12-8-5-9-13-25/h4-17,19-20,23,33,42H,3,18,21-22H2,1-2H3/t23-,33+/m0/s1. The number of aromatic nitrogens is 2. The van der Waals surface area contributed by atoms with Crippen molar-refractivity contribution in [3.05, 3.63) is 130 Å². The van der Waals surface area contributed by atoms with E-state index in [-0.39, 0.29) is 22.6 Å². The first-order valence-corrected chi connectivity index (χ1v) is 17.7. The number of ketones is 1. The molecule has 1 amide bonds. The molecule has 2 aliphatic heterocycles. The number of benzene rings is 4. The Morgan fingerprint density at radius 1 is 0.939 bits per heavy atom. The first kappa shape index (κ1) is 32.4. The summed E-state index contributed by atoms with van der Waals surface area (Å²) in [6.07, 6.45) is 0.675. The SMILES string of the molecule is CCOc1cc([C@@H]2C(=C(O)c3ccc4c(c3)C[C@H](C)O4)C(=O)C(=O)N2c2nnc(SCc3ccccc3)s2)ccc1OCc1ccccc1. The topological polar surface area (TPSA) is 111 Å². The van der Waals surface area contributed by atoms with Crippen LogP contribution in [0.15, 0.2) is 107 Å². The van der Waals surface area contributed by atoms with E-state index in [4.69, 9.17) is 14.2 Å². The number of hydrogen-bond acceptors (Lipinski definition) is 10. The molecule has 1 N–H and O–H groups in total. The average Bonchev–Trinajstić information content (AvgIpc) is 3.82. The number of fused-ring (bicyclic) bond motifs is 1. The molecule has 0 aliphatic carbocycles. The molecule has 0 spiro atoms. The molecule has 1 saturated heterocycles. The Balaban J connectivity index is 1.28. The lowest BCUT2D eigenvalue weighted by atomic mass is 9.94. The van der Waals surface area contributed by atoms with Crippen molar-refractivity contribution in [2.45, 2.75) is 49.1 Å². The first-order valence-electron chi connectivity index (χ1n) is 15.9. The number of ether oxygens (including phenoxy) is 3. The molecule has 248 valence electrons. The smallest absolute Gasteiger partial charge is 0.301 e. The number of Topliss-reactive ketones (excluding diaryl/α,β-unsaturated/α-hetero) is 1. The summed E-state index contributed by atoms with van der Waals surface area (Å²) in [7, 11) is 0. The van der Waals surface area contributed by atoms with Crippen LogP contribution in [0, 0.1) is 0 Å². The number of rotatable bonds is 11. The molecule has 4 aromatic carbocycles. The van der Waals surface area contributed by atoms with E-state index >= 15 is 0 Å². The maximum absolute atomic E-state index is 13.9. The van der Waals surface area contributed by atoms with Gasteiger partial charge in [-0.2, -0.15) is 0 Å². The number of nitrogens with zero attached hydrogens (tertiary/aromatic N) is 3. The van der Waals surface area contributed by atoms with Crippen molar-refractivity contribution in [2.24, 2.45) is 0 Å². The summed E-state index contributed by atoms with van der Waals surface area (Å²) in [5, 5.41) is 20.7. The molecule has 2 atom stereocenters. The van der Waals surface area contributed by atoms with E-state index < -0.39 is 17.7 Å². The van der Waals surface area contributed by atoms with Crippen LogP contribution in [0.2, 0.25) is 0 Å². The number of amides is 1. The Bertz CT molecular complexity index is 2030. The summed E-state index contributed by atoms with van der Waals surface area (Å²) in [4.78, 5) is 29.1. The van der Waals surface area contributed by atoms with Gasteiger partial charge >= 0.3 is 5.91 Å². The van der Waals surface area contributed by atoms with Gasteiger partial charge in [-0.1, -0.05) is 89.8 Å². The van der Waals surface area contributed by atoms with Gasteiger partial charge in [-0.25, -0.2) is 0 Å². The molecule has 1 fully saturated rings. The van der Waals surface area contributed by atoms with Crippen LogP contribution in [-0.2, 0) is 28.4 Å². The Kier molecular flexibility index (Phi) is 9.36. The third-order valence-electron chi connectivity index (χ3n) is 8.24. The van der Waals surface area contributed by atoms with Crippen LogP contribution in [0.25, 0.3) is 5.76 Å². The van der Waals surface area contributed by atoms with Gasteiger partial charge in [-0.15, -0.1) is 10.2 Å². The highest BCUT2D eigenvalue weighted by atomic mass is 32.2. The summed E-state index contributed by atoms with van der Waals surface area (Å²) in [5.74, 6) is 0.463. The molecular formula is C38H33N3O6S2. The van der Waals surface area contributed by atoms with Gasteiger partial charge in [0.25, 0.3) is 5.78 Å². The van der Waals surface area contributed by atoms with Crippen LogP contribution in [0.5, 0.6) is 17.2 Å². The summed E-state index contributed by atoms with van der Waals surface area (Å²) < 4.78 is 18.6. The fraction of sp³-hybridized carbons (Fsp3) is 0.211. The number of aliphatic hydroxyl groups excluding tert-OH is 1. The van der Waals surface area contributed by atoms with Gasteiger partial charge < -0.3 is 19.3 Å². The molecule has 1 aromatic heterocycles. The van der Waals surface area contributed by atoms with Crippen molar-refractivity contribution in [2.75, 3.05) is 11.5 Å². The Morgan fingerprint density at radius 2 is 1.69 bits per heavy atom. The molecule has 3 heterocycles. The monoisotopic (exact) mass is 691 g/mol. The first-order chi connectivity index (χ1) is 23.9. The minimum Gasteiger partial charge on any atom is -0.507 e. The van der Waals surface area contributed by atoms with E-state index in [0.717, 1.165) is 22.4 Å². The van der Waals surface area contributed by atoms with E-state index in [9.17, 15) is 14.7 Å². The van der Waals surface area contributed by atoms with Crippen LogP contribution in [-0.4, -0.2) is 39.7 Å². The molecule has 11 heteroatoms. The average molecular weight is 692 g/mol. The highest BCUT2D eigenvalue weighted by molar-refractivity contribution is 8.00. The number of carbonyl (C=O) groups excluding carboxylic acids is 2. The summed E-state index contributed by atoms with van der Waals surface area (Å²) in [5.41, 5.74) is 3.95. The van der Waals surface area contributed by atoms with Crippen molar-refractivity contribution in [3.8, 4) is 17.2 Å². The normalized spacial score (nSPS) is 18.0. The maximum Gasteiger partial charge on any atom is 0.301 e. The molecule has 0 unspecified atom stereocenters. The van der Waals surface area contributed by atoms with Gasteiger partial charge in [0, 0.05) is 17.7 Å². The fourth-order valence-electron chi connectivity index (χ4n) is 5.97. The highest BCUT2D eigenvalue weighted by Crippen LogP contribution is 2.46. The fourth-order valence-corrected chi connectivity index (χ4v) is 7.79. The van der Waals surface area contributed by atoms with Gasteiger partial charge in [-0.3, -0.25) is 14.5 Å². The second kappa shape index (κ2) is 14.2. The lowest BCUT2D eigenvalue weighted by molar-refractivity contribution is -0.132. The molecule has 2 aliphatic rings. The number of anilines is 1. The van der Waals surface area contributed by atoms with Gasteiger partial charge in [0.2, 0.25) is 5.13 Å². The van der Waals surface area contributed by atoms with Crippen molar-refractivity contribution >= 4 is 45.7 Å².